The molecule has 2 nitrogen and oxygen atoms in total. The largest absolute Gasteiger partial charge is 0.306 e. The van der Waals surface area contributed by atoms with Crippen LogP contribution in [0.4, 0.5) is 0 Å². The van der Waals surface area contributed by atoms with Gasteiger partial charge in [0.1, 0.15) is 5.78 Å². The molecule has 2 atom stereocenters. The van der Waals surface area contributed by atoms with Crippen LogP contribution in [0.15, 0.2) is 0 Å². The van der Waals surface area contributed by atoms with Crippen molar-refractivity contribution in [2.75, 3.05) is 20.1 Å². The minimum absolute atomic E-state index is 0.409. The SMILES string of the molecule is CCC1CCC(CC2CCN(C)CC2)C(=O)C1. The van der Waals surface area contributed by atoms with Crippen molar-refractivity contribution in [3.63, 3.8) is 0 Å². The molecule has 0 aromatic rings. The van der Waals surface area contributed by atoms with Gasteiger partial charge >= 0.3 is 0 Å². The zero-order valence-corrected chi connectivity index (χ0v) is 11.5. The number of carbonyl (C=O) groups is 1. The number of carbonyl (C=O) groups excluding carboxylic acids is 1. The van der Waals surface area contributed by atoms with Crippen LogP contribution in [0.25, 0.3) is 0 Å². The third-order valence-corrected chi connectivity index (χ3v) is 4.90. The van der Waals surface area contributed by atoms with Crippen LogP contribution < -0.4 is 0 Å². The van der Waals surface area contributed by atoms with Crippen molar-refractivity contribution >= 4 is 5.78 Å². The van der Waals surface area contributed by atoms with Gasteiger partial charge in [-0.3, -0.25) is 4.79 Å². The number of rotatable bonds is 3. The van der Waals surface area contributed by atoms with Crippen LogP contribution in [0, 0.1) is 17.8 Å². The van der Waals surface area contributed by atoms with Gasteiger partial charge in [-0.1, -0.05) is 13.3 Å². The third kappa shape index (κ3) is 3.54. The van der Waals surface area contributed by atoms with Crippen molar-refractivity contribution in [1.82, 2.24) is 4.90 Å². The summed E-state index contributed by atoms with van der Waals surface area (Å²) in [5, 5.41) is 0. The Balaban J connectivity index is 1.77. The molecule has 0 bridgehead atoms. The molecular weight excluding hydrogens is 210 g/mol. The zero-order chi connectivity index (χ0) is 12.3. The second-order valence-electron chi connectivity index (χ2n) is 6.20. The van der Waals surface area contributed by atoms with Gasteiger partial charge in [0.05, 0.1) is 0 Å². The Morgan fingerprint density at radius 2 is 1.82 bits per heavy atom. The number of hydrogen-bond donors (Lipinski definition) is 0. The van der Waals surface area contributed by atoms with E-state index in [1.807, 2.05) is 0 Å². The highest BCUT2D eigenvalue weighted by molar-refractivity contribution is 5.81. The van der Waals surface area contributed by atoms with Crippen molar-refractivity contribution in [1.29, 1.82) is 0 Å². The molecule has 1 saturated carbocycles. The van der Waals surface area contributed by atoms with E-state index in [9.17, 15) is 4.79 Å². The van der Waals surface area contributed by atoms with Gasteiger partial charge in [-0.25, -0.2) is 0 Å². The van der Waals surface area contributed by atoms with E-state index in [1.54, 1.807) is 0 Å². The summed E-state index contributed by atoms with van der Waals surface area (Å²) in [4.78, 5) is 14.5. The molecule has 0 aromatic carbocycles. The van der Waals surface area contributed by atoms with Gasteiger partial charge in [0.15, 0.2) is 0 Å². The molecular formula is C15H27NO. The van der Waals surface area contributed by atoms with Crippen LogP contribution in [0.1, 0.15) is 51.9 Å². The maximum atomic E-state index is 12.1. The molecule has 2 unspecified atom stereocenters. The van der Waals surface area contributed by atoms with Crippen LogP contribution in [0.2, 0.25) is 0 Å². The molecule has 0 radical (unpaired) electrons. The molecule has 0 aromatic heterocycles. The van der Waals surface area contributed by atoms with Crippen molar-refractivity contribution < 1.29 is 4.79 Å². The van der Waals surface area contributed by atoms with Crippen molar-refractivity contribution in [3.8, 4) is 0 Å². The van der Waals surface area contributed by atoms with Gasteiger partial charge in [0.2, 0.25) is 0 Å². The summed E-state index contributed by atoms with van der Waals surface area (Å²) in [6.45, 7) is 4.67. The standard InChI is InChI=1S/C15H27NO/c1-3-12-4-5-14(15(17)11-12)10-13-6-8-16(2)9-7-13/h12-14H,3-11H2,1-2H3. The molecule has 0 spiro atoms. The van der Waals surface area contributed by atoms with E-state index in [1.165, 1.54) is 51.6 Å². The predicted molar refractivity (Wildman–Crippen MR) is 71.0 cm³/mol. The first-order valence-corrected chi connectivity index (χ1v) is 7.40. The summed E-state index contributed by atoms with van der Waals surface area (Å²) in [7, 11) is 2.20. The summed E-state index contributed by atoms with van der Waals surface area (Å²) in [5.74, 6) is 2.49. The van der Waals surface area contributed by atoms with E-state index in [4.69, 9.17) is 0 Å². The first-order chi connectivity index (χ1) is 8.19. The Bertz CT molecular complexity index is 256. The fraction of sp³-hybridized carbons (Fsp3) is 0.933. The Kier molecular flexibility index (Phi) is 4.61. The smallest absolute Gasteiger partial charge is 0.136 e. The van der Waals surface area contributed by atoms with Gasteiger partial charge in [0.25, 0.3) is 0 Å². The van der Waals surface area contributed by atoms with E-state index in [2.05, 4.69) is 18.9 Å². The molecule has 2 heteroatoms. The zero-order valence-electron chi connectivity index (χ0n) is 11.5. The lowest BCUT2D eigenvalue weighted by molar-refractivity contribution is -0.126. The maximum absolute atomic E-state index is 12.1. The molecule has 2 rings (SSSR count). The number of Topliss-reactive ketones (excluding diaryl/α,β-unsaturated/α-hetero) is 1. The van der Waals surface area contributed by atoms with Gasteiger partial charge in [-0.15, -0.1) is 0 Å². The topological polar surface area (TPSA) is 20.3 Å². The average molecular weight is 237 g/mol. The summed E-state index contributed by atoms with van der Waals surface area (Å²) >= 11 is 0. The van der Waals surface area contributed by atoms with E-state index in [-0.39, 0.29) is 0 Å². The normalized spacial score (nSPS) is 32.9. The summed E-state index contributed by atoms with van der Waals surface area (Å²) < 4.78 is 0. The Morgan fingerprint density at radius 3 is 2.41 bits per heavy atom. The lowest BCUT2D eigenvalue weighted by Gasteiger charge is -2.33. The number of ketones is 1. The van der Waals surface area contributed by atoms with Crippen LogP contribution in [-0.2, 0) is 4.79 Å². The Hall–Kier alpha value is -0.370. The van der Waals surface area contributed by atoms with Crippen LogP contribution in [0.3, 0.4) is 0 Å². The predicted octanol–water partition coefficient (Wildman–Crippen LogP) is 3.11. The molecule has 0 amide bonds. The number of likely N-dealkylation sites (tertiary alicyclic amines) is 1. The van der Waals surface area contributed by atoms with Crippen LogP contribution in [-0.4, -0.2) is 30.8 Å². The monoisotopic (exact) mass is 237 g/mol. The van der Waals surface area contributed by atoms with Crippen molar-refractivity contribution in [2.24, 2.45) is 17.8 Å². The minimum Gasteiger partial charge on any atom is -0.306 e. The summed E-state index contributed by atoms with van der Waals surface area (Å²) in [6, 6.07) is 0. The van der Waals surface area contributed by atoms with Crippen molar-refractivity contribution in [3.05, 3.63) is 0 Å². The van der Waals surface area contributed by atoms with E-state index < -0.39 is 0 Å². The Labute approximate surface area is 106 Å². The average Bonchev–Trinajstić information content (AvgIpc) is 2.34. The van der Waals surface area contributed by atoms with Gasteiger partial charge in [-0.2, -0.15) is 0 Å². The fourth-order valence-corrected chi connectivity index (χ4v) is 3.45. The molecule has 2 aliphatic rings. The lowest BCUT2D eigenvalue weighted by Crippen LogP contribution is -2.33. The Morgan fingerprint density at radius 1 is 1.12 bits per heavy atom. The van der Waals surface area contributed by atoms with Crippen LogP contribution >= 0.6 is 0 Å². The summed E-state index contributed by atoms with van der Waals surface area (Å²) in [6.07, 6.45) is 8.31. The number of piperidine rings is 1. The quantitative estimate of drug-likeness (QED) is 0.751. The van der Waals surface area contributed by atoms with E-state index >= 15 is 0 Å². The van der Waals surface area contributed by atoms with Gasteiger partial charge in [0, 0.05) is 12.3 Å². The number of nitrogens with zero attached hydrogens (tertiary/aromatic N) is 1. The molecule has 1 aliphatic heterocycles. The first kappa shape index (κ1) is 13.1. The highest BCUT2D eigenvalue weighted by atomic mass is 16.1. The molecule has 1 aliphatic carbocycles. The molecule has 0 N–H and O–H groups in total. The molecule has 17 heavy (non-hydrogen) atoms. The minimum atomic E-state index is 0.409. The second kappa shape index (κ2) is 5.99. The highest BCUT2D eigenvalue weighted by Crippen LogP contribution is 2.34. The first-order valence-electron chi connectivity index (χ1n) is 7.40. The van der Waals surface area contributed by atoms with E-state index in [0.29, 0.717) is 17.6 Å². The molecule has 1 heterocycles. The van der Waals surface area contributed by atoms with Crippen molar-refractivity contribution in [2.45, 2.75) is 51.9 Å². The summed E-state index contributed by atoms with van der Waals surface area (Å²) in [5.41, 5.74) is 0. The fourth-order valence-electron chi connectivity index (χ4n) is 3.45. The number of hydrogen-bond acceptors (Lipinski definition) is 2. The van der Waals surface area contributed by atoms with Gasteiger partial charge in [-0.05, 0) is 64.1 Å². The second-order valence-corrected chi connectivity index (χ2v) is 6.20. The third-order valence-electron chi connectivity index (χ3n) is 4.90. The maximum Gasteiger partial charge on any atom is 0.136 e. The molecule has 1 saturated heterocycles. The highest BCUT2D eigenvalue weighted by Gasteiger charge is 2.30. The van der Waals surface area contributed by atoms with Gasteiger partial charge < -0.3 is 4.90 Å². The van der Waals surface area contributed by atoms with E-state index in [0.717, 1.165) is 12.3 Å². The molecule has 98 valence electrons. The molecule has 2 fully saturated rings. The van der Waals surface area contributed by atoms with Crippen LogP contribution in [0.5, 0.6) is 0 Å². The lowest BCUT2D eigenvalue weighted by atomic mass is 9.75.